The van der Waals surface area contributed by atoms with Crippen molar-refractivity contribution in [1.82, 2.24) is 9.55 Å². The smallest absolute Gasteiger partial charge is 0.178 e. The van der Waals surface area contributed by atoms with E-state index in [0.29, 0.717) is 5.92 Å². The minimum absolute atomic E-state index is 0.530. The highest BCUT2D eigenvalue weighted by atomic mass is 32.1. The number of aromatic nitrogens is 2. The van der Waals surface area contributed by atoms with Crippen LogP contribution in [-0.4, -0.2) is 9.55 Å². The molecule has 1 heterocycles. The fourth-order valence-corrected chi connectivity index (χ4v) is 3.11. The van der Waals surface area contributed by atoms with Gasteiger partial charge in [0.2, 0.25) is 0 Å². The van der Waals surface area contributed by atoms with Crippen molar-refractivity contribution in [3.8, 4) is 0 Å². The van der Waals surface area contributed by atoms with Gasteiger partial charge in [0.15, 0.2) is 4.77 Å². The third kappa shape index (κ3) is 2.79. The van der Waals surface area contributed by atoms with Crippen molar-refractivity contribution in [2.45, 2.75) is 32.7 Å². The van der Waals surface area contributed by atoms with Crippen LogP contribution >= 0.6 is 12.2 Å². The molecule has 108 valence electrons. The topological polar surface area (TPSA) is 20.7 Å². The molecule has 0 amide bonds. The SMILES string of the molecule is Cc1cccc2c1[nH]c(=S)n2CCC(C)c1ccccc1. The molecule has 2 nitrogen and oxygen atoms in total. The number of hydrogen-bond donors (Lipinski definition) is 1. The summed E-state index contributed by atoms with van der Waals surface area (Å²) in [5.41, 5.74) is 5.00. The van der Waals surface area contributed by atoms with Gasteiger partial charge in [0.25, 0.3) is 0 Å². The number of nitrogens with one attached hydrogen (secondary N) is 1. The Kier molecular flexibility index (Phi) is 3.93. The van der Waals surface area contributed by atoms with Gasteiger partial charge in [-0.25, -0.2) is 0 Å². The Hall–Kier alpha value is -1.87. The molecule has 3 heteroatoms. The number of para-hydroxylation sites is 1. The van der Waals surface area contributed by atoms with Crippen LogP contribution in [0.1, 0.15) is 30.4 Å². The number of benzene rings is 2. The van der Waals surface area contributed by atoms with Gasteiger partial charge in [-0.15, -0.1) is 0 Å². The Labute approximate surface area is 130 Å². The molecule has 0 radical (unpaired) electrons. The highest BCUT2D eigenvalue weighted by Crippen LogP contribution is 2.22. The second-order valence-corrected chi connectivity index (χ2v) is 6.04. The summed E-state index contributed by atoms with van der Waals surface area (Å²) >= 11 is 5.49. The molecule has 1 atom stereocenters. The summed E-state index contributed by atoms with van der Waals surface area (Å²) < 4.78 is 3.04. The van der Waals surface area contributed by atoms with Crippen molar-refractivity contribution in [3.05, 3.63) is 64.4 Å². The normalized spacial score (nSPS) is 12.7. The number of rotatable bonds is 4. The lowest BCUT2D eigenvalue weighted by Crippen LogP contribution is -2.03. The first-order valence-electron chi connectivity index (χ1n) is 7.40. The average Bonchev–Trinajstić information content (AvgIpc) is 2.83. The predicted octanol–water partition coefficient (Wildman–Crippen LogP) is 5.20. The Morgan fingerprint density at radius 1 is 1.10 bits per heavy atom. The van der Waals surface area contributed by atoms with E-state index >= 15 is 0 Å². The molecule has 2 aromatic carbocycles. The van der Waals surface area contributed by atoms with Crippen LogP contribution in [0, 0.1) is 11.7 Å². The van der Waals surface area contributed by atoms with E-state index < -0.39 is 0 Å². The van der Waals surface area contributed by atoms with E-state index in [0.717, 1.165) is 23.3 Å². The van der Waals surface area contributed by atoms with Crippen molar-refractivity contribution in [2.75, 3.05) is 0 Å². The van der Waals surface area contributed by atoms with Crippen molar-refractivity contribution >= 4 is 23.3 Å². The minimum atomic E-state index is 0.530. The maximum absolute atomic E-state index is 5.49. The first kappa shape index (κ1) is 14.1. The van der Waals surface area contributed by atoms with E-state index in [9.17, 15) is 0 Å². The van der Waals surface area contributed by atoms with Crippen LogP contribution < -0.4 is 0 Å². The second-order valence-electron chi connectivity index (χ2n) is 5.65. The van der Waals surface area contributed by atoms with Gasteiger partial charge in [0.05, 0.1) is 11.0 Å². The Bertz CT molecular complexity index is 799. The Morgan fingerprint density at radius 3 is 2.62 bits per heavy atom. The minimum Gasteiger partial charge on any atom is -0.330 e. The van der Waals surface area contributed by atoms with Gasteiger partial charge in [-0.05, 0) is 48.7 Å². The van der Waals surface area contributed by atoms with Crippen LogP contribution in [0.25, 0.3) is 11.0 Å². The molecule has 0 aliphatic heterocycles. The van der Waals surface area contributed by atoms with Gasteiger partial charge in [-0.3, -0.25) is 0 Å². The van der Waals surface area contributed by atoms with Gasteiger partial charge in [0.1, 0.15) is 0 Å². The summed E-state index contributed by atoms with van der Waals surface area (Å²) in [6.07, 6.45) is 1.08. The second kappa shape index (κ2) is 5.86. The molecule has 0 aliphatic carbocycles. The molecule has 0 aliphatic rings. The molecular weight excluding hydrogens is 276 g/mol. The average molecular weight is 296 g/mol. The van der Waals surface area contributed by atoms with E-state index in [1.807, 2.05) is 0 Å². The monoisotopic (exact) mass is 296 g/mol. The number of imidazole rings is 1. The first-order chi connectivity index (χ1) is 10.2. The lowest BCUT2D eigenvalue weighted by atomic mass is 9.98. The molecule has 21 heavy (non-hydrogen) atoms. The van der Waals surface area contributed by atoms with Crippen LogP contribution in [0.3, 0.4) is 0 Å². The number of H-pyrrole nitrogens is 1. The molecule has 0 spiro atoms. The van der Waals surface area contributed by atoms with Gasteiger partial charge in [-0.2, -0.15) is 0 Å². The molecule has 1 unspecified atom stereocenters. The predicted molar refractivity (Wildman–Crippen MR) is 91.3 cm³/mol. The van der Waals surface area contributed by atoms with Crippen LogP contribution in [-0.2, 0) is 6.54 Å². The van der Waals surface area contributed by atoms with Gasteiger partial charge in [-0.1, -0.05) is 49.4 Å². The Balaban J connectivity index is 1.84. The number of hydrogen-bond acceptors (Lipinski definition) is 1. The molecular formula is C18H20N2S. The number of aryl methyl sites for hydroxylation is 2. The van der Waals surface area contributed by atoms with Crippen molar-refractivity contribution in [3.63, 3.8) is 0 Å². The molecule has 0 bridgehead atoms. The zero-order valence-corrected chi connectivity index (χ0v) is 13.3. The van der Waals surface area contributed by atoms with Gasteiger partial charge in [0, 0.05) is 6.54 Å². The molecule has 0 saturated heterocycles. The number of fused-ring (bicyclic) bond motifs is 1. The van der Waals surface area contributed by atoms with Crippen molar-refractivity contribution < 1.29 is 0 Å². The van der Waals surface area contributed by atoms with E-state index in [2.05, 4.69) is 71.9 Å². The Morgan fingerprint density at radius 2 is 1.86 bits per heavy atom. The van der Waals surface area contributed by atoms with Crippen LogP contribution in [0.2, 0.25) is 0 Å². The lowest BCUT2D eigenvalue weighted by molar-refractivity contribution is 0.581. The molecule has 1 aromatic heterocycles. The fourth-order valence-electron chi connectivity index (χ4n) is 2.82. The zero-order chi connectivity index (χ0) is 14.8. The molecule has 3 aromatic rings. The third-order valence-corrected chi connectivity index (χ3v) is 4.50. The van der Waals surface area contributed by atoms with E-state index in [4.69, 9.17) is 12.2 Å². The highest BCUT2D eigenvalue weighted by molar-refractivity contribution is 7.71. The third-order valence-electron chi connectivity index (χ3n) is 4.17. The molecule has 1 N–H and O–H groups in total. The van der Waals surface area contributed by atoms with Crippen molar-refractivity contribution in [2.24, 2.45) is 0 Å². The summed E-state index contributed by atoms with van der Waals surface area (Å²) in [5, 5.41) is 0. The highest BCUT2D eigenvalue weighted by Gasteiger charge is 2.09. The lowest BCUT2D eigenvalue weighted by Gasteiger charge is -2.12. The molecule has 0 fully saturated rings. The van der Waals surface area contributed by atoms with Gasteiger partial charge >= 0.3 is 0 Å². The number of aromatic amines is 1. The molecule has 3 rings (SSSR count). The zero-order valence-electron chi connectivity index (χ0n) is 12.5. The standard InChI is InChI=1S/C18H20N2S/c1-13(15-8-4-3-5-9-15)11-12-20-16-10-6-7-14(2)17(16)19-18(20)21/h3-10,13H,11-12H2,1-2H3,(H,19,21). The largest absolute Gasteiger partial charge is 0.330 e. The summed E-state index contributed by atoms with van der Waals surface area (Å²) in [6, 6.07) is 17.0. The maximum Gasteiger partial charge on any atom is 0.178 e. The van der Waals surface area contributed by atoms with Crippen LogP contribution in [0.4, 0.5) is 0 Å². The van der Waals surface area contributed by atoms with Crippen molar-refractivity contribution in [1.29, 1.82) is 0 Å². The number of nitrogens with zero attached hydrogens (tertiary/aromatic N) is 1. The van der Waals surface area contributed by atoms with E-state index in [1.165, 1.54) is 16.6 Å². The summed E-state index contributed by atoms with van der Waals surface area (Å²) in [4.78, 5) is 3.34. The fraction of sp³-hybridized carbons (Fsp3) is 0.278. The quantitative estimate of drug-likeness (QED) is 0.656. The van der Waals surface area contributed by atoms with E-state index in [-0.39, 0.29) is 0 Å². The summed E-state index contributed by atoms with van der Waals surface area (Å²) in [7, 11) is 0. The van der Waals surface area contributed by atoms with Crippen LogP contribution in [0.5, 0.6) is 0 Å². The molecule has 0 saturated carbocycles. The van der Waals surface area contributed by atoms with Crippen LogP contribution in [0.15, 0.2) is 48.5 Å². The summed E-state index contributed by atoms with van der Waals surface area (Å²) in [6.45, 7) is 5.34. The summed E-state index contributed by atoms with van der Waals surface area (Å²) in [5.74, 6) is 0.530. The first-order valence-corrected chi connectivity index (χ1v) is 7.80. The van der Waals surface area contributed by atoms with Gasteiger partial charge < -0.3 is 9.55 Å². The van der Waals surface area contributed by atoms with E-state index in [1.54, 1.807) is 0 Å². The maximum atomic E-state index is 5.49.